The van der Waals surface area contributed by atoms with Crippen molar-refractivity contribution in [3.8, 4) is 0 Å². The molecule has 1 aromatic heterocycles. The Bertz CT molecular complexity index is 930. The molecule has 0 aliphatic carbocycles. The zero-order valence-electron chi connectivity index (χ0n) is 13.5. The van der Waals surface area contributed by atoms with Gasteiger partial charge in [-0.25, -0.2) is 0 Å². The predicted octanol–water partition coefficient (Wildman–Crippen LogP) is 5.34. The minimum atomic E-state index is -4.48. The molecular formula is C17H13ClF3N5. The number of hydrogen-bond acceptors (Lipinski definition) is 5. The van der Waals surface area contributed by atoms with E-state index in [1.54, 1.807) is 0 Å². The second kappa shape index (κ2) is 7.17. The van der Waals surface area contributed by atoms with E-state index in [2.05, 4.69) is 25.8 Å². The van der Waals surface area contributed by atoms with Crippen LogP contribution in [0.4, 0.5) is 36.3 Å². The van der Waals surface area contributed by atoms with Gasteiger partial charge in [-0.05, 0) is 42.8 Å². The minimum absolute atomic E-state index is 0.0175. The third-order valence-corrected chi connectivity index (χ3v) is 3.72. The van der Waals surface area contributed by atoms with Crippen molar-refractivity contribution >= 4 is 34.7 Å². The minimum Gasteiger partial charge on any atom is -0.339 e. The molecule has 2 N–H and O–H groups in total. The Balaban J connectivity index is 1.83. The molecule has 0 saturated heterocycles. The second-order valence-corrected chi connectivity index (χ2v) is 5.88. The highest BCUT2D eigenvalue weighted by molar-refractivity contribution is 6.33. The molecule has 3 rings (SSSR count). The Morgan fingerprint density at radius 1 is 1.04 bits per heavy atom. The number of aryl methyl sites for hydroxylation is 1. The molecule has 0 amide bonds. The smallest absolute Gasteiger partial charge is 0.339 e. The van der Waals surface area contributed by atoms with E-state index in [1.165, 1.54) is 6.20 Å². The molecule has 0 fully saturated rings. The Morgan fingerprint density at radius 2 is 1.85 bits per heavy atom. The molecule has 0 aliphatic rings. The average molecular weight is 380 g/mol. The van der Waals surface area contributed by atoms with Gasteiger partial charge in [0.2, 0.25) is 5.95 Å². The Hall–Kier alpha value is -2.87. The van der Waals surface area contributed by atoms with Gasteiger partial charge >= 0.3 is 6.18 Å². The molecule has 26 heavy (non-hydrogen) atoms. The fraction of sp³-hybridized carbons (Fsp3) is 0.118. The molecule has 0 atom stereocenters. The molecule has 0 bridgehead atoms. The Morgan fingerprint density at radius 3 is 2.58 bits per heavy atom. The Labute approximate surface area is 152 Å². The standard InChI is InChI=1S/C17H13ClF3N5/c1-10-3-2-4-12(7-10)23-15-9-22-26-16(25-15)24-14-8-11(17(19,20)21)5-6-13(14)18/h2-9H,1H3,(H2,23,24,25,26). The lowest BCUT2D eigenvalue weighted by Crippen LogP contribution is -2.07. The van der Waals surface area contributed by atoms with Crippen molar-refractivity contribution in [2.45, 2.75) is 13.1 Å². The summed E-state index contributed by atoms with van der Waals surface area (Å²) in [5.41, 5.74) is 1.07. The van der Waals surface area contributed by atoms with Crippen molar-refractivity contribution in [2.24, 2.45) is 0 Å². The second-order valence-electron chi connectivity index (χ2n) is 5.48. The number of nitrogens with zero attached hydrogens (tertiary/aromatic N) is 3. The molecule has 1 heterocycles. The van der Waals surface area contributed by atoms with E-state index >= 15 is 0 Å². The highest BCUT2D eigenvalue weighted by atomic mass is 35.5. The van der Waals surface area contributed by atoms with Crippen LogP contribution >= 0.6 is 11.6 Å². The van der Waals surface area contributed by atoms with Crippen molar-refractivity contribution in [2.75, 3.05) is 10.6 Å². The molecule has 0 spiro atoms. The lowest BCUT2D eigenvalue weighted by Gasteiger charge is -2.12. The van der Waals surface area contributed by atoms with Crippen molar-refractivity contribution in [3.05, 3.63) is 64.8 Å². The van der Waals surface area contributed by atoms with Gasteiger partial charge in [-0.3, -0.25) is 0 Å². The van der Waals surface area contributed by atoms with Crippen LogP contribution in [0.5, 0.6) is 0 Å². The van der Waals surface area contributed by atoms with Crippen molar-refractivity contribution in [1.82, 2.24) is 15.2 Å². The van der Waals surface area contributed by atoms with Gasteiger partial charge in [0.15, 0.2) is 5.82 Å². The summed E-state index contributed by atoms with van der Waals surface area (Å²) < 4.78 is 38.6. The van der Waals surface area contributed by atoms with Crippen LogP contribution in [-0.4, -0.2) is 15.2 Å². The number of aromatic nitrogens is 3. The van der Waals surface area contributed by atoms with Crippen molar-refractivity contribution < 1.29 is 13.2 Å². The SMILES string of the molecule is Cc1cccc(Nc2cnnc(Nc3cc(C(F)(F)F)ccc3Cl)n2)c1. The molecule has 134 valence electrons. The lowest BCUT2D eigenvalue weighted by atomic mass is 10.2. The Kier molecular flexibility index (Phi) is 4.94. The molecule has 3 aromatic rings. The third-order valence-electron chi connectivity index (χ3n) is 3.39. The van der Waals surface area contributed by atoms with Crippen LogP contribution in [0, 0.1) is 6.92 Å². The van der Waals surface area contributed by atoms with E-state index in [4.69, 9.17) is 11.6 Å². The quantitative estimate of drug-likeness (QED) is 0.640. The van der Waals surface area contributed by atoms with E-state index in [-0.39, 0.29) is 16.7 Å². The van der Waals surface area contributed by atoms with Crippen LogP contribution in [-0.2, 0) is 6.18 Å². The number of hydrogen-bond donors (Lipinski definition) is 2. The first-order valence-electron chi connectivity index (χ1n) is 7.48. The van der Waals surface area contributed by atoms with Crippen LogP contribution in [0.15, 0.2) is 48.7 Å². The highest BCUT2D eigenvalue weighted by Gasteiger charge is 2.31. The zero-order chi connectivity index (χ0) is 18.7. The fourth-order valence-corrected chi connectivity index (χ4v) is 2.37. The number of anilines is 4. The normalized spacial score (nSPS) is 11.3. The first kappa shape index (κ1) is 17.9. The van der Waals surface area contributed by atoms with Gasteiger partial charge in [-0.2, -0.15) is 23.3 Å². The van der Waals surface area contributed by atoms with Crippen LogP contribution in [0.3, 0.4) is 0 Å². The van der Waals surface area contributed by atoms with Gasteiger partial charge in [0.05, 0.1) is 22.5 Å². The summed E-state index contributed by atoms with van der Waals surface area (Å²) in [5, 5.41) is 13.4. The molecule has 0 unspecified atom stereocenters. The van der Waals surface area contributed by atoms with Gasteiger partial charge in [-0.1, -0.05) is 23.7 Å². The number of halogens is 4. The monoisotopic (exact) mass is 379 g/mol. The van der Waals surface area contributed by atoms with Gasteiger partial charge in [0, 0.05) is 5.69 Å². The van der Waals surface area contributed by atoms with Gasteiger partial charge < -0.3 is 10.6 Å². The highest BCUT2D eigenvalue weighted by Crippen LogP contribution is 2.34. The maximum atomic E-state index is 12.9. The van der Waals surface area contributed by atoms with Gasteiger partial charge in [0.25, 0.3) is 0 Å². The molecule has 2 aromatic carbocycles. The van der Waals surface area contributed by atoms with E-state index in [0.29, 0.717) is 5.82 Å². The first-order chi connectivity index (χ1) is 12.3. The topological polar surface area (TPSA) is 62.7 Å². The van der Waals surface area contributed by atoms with Gasteiger partial charge in [0.1, 0.15) is 0 Å². The molecule has 0 saturated carbocycles. The van der Waals surface area contributed by atoms with Crippen LogP contribution in [0.2, 0.25) is 5.02 Å². The first-order valence-corrected chi connectivity index (χ1v) is 7.86. The van der Waals surface area contributed by atoms with Crippen LogP contribution in [0.25, 0.3) is 0 Å². The summed E-state index contributed by atoms with van der Waals surface area (Å²) in [7, 11) is 0. The molecule has 0 aliphatic heterocycles. The summed E-state index contributed by atoms with van der Waals surface area (Å²) in [5.74, 6) is 0.403. The largest absolute Gasteiger partial charge is 0.416 e. The summed E-state index contributed by atoms with van der Waals surface area (Å²) in [4.78, 5) is 4.19. The van der Waals surface area contributed by atoms with Crippen LogP contribution in [0.1, 0.15) is 11.1 Å². The summed E-state index contributed by atoms with van der Waals surface area (Å²) in [6.07, 6.45) is -3.07. The fourth-order valence-electron chi connectivity index (χ4n) is 2.21. The maximum Gasteiger partial charge on any atom is 0.416 e. The summed E-state index contributed by atoms with van der Waals surface area (Å²) >= 11 is 5.96. The molecular weight excluding hydrogens is 367 g/mol. The summed E-state index contributed by atoms with van der Waals surface area (Å²) in [6.45, 7) is 1.95. The van der Waals surface area contributed by atoms with Crippen LogP contribution < -0.4 is 10.6 Å². The average Bonchev–Trinajstić information content (AvgIpc) is 2.56. The van der Waals surface area contributed by atoms with Crippen molar-refractivity contribution in [1.29, 1.82) is 0 Å². The van der Waals surface area contributed by atoms with E-state index in [1.807, 2.05) is 31.2 Å². The lowest BCUT2D eigenvalue weighted by molar-refractivity contribution is -0.137. The number of alkyl halides is 3. The number of nitrogens with one attached hydrogen (secondary N) is 2. The number of rotatable bonds is 4. The predicted molar refractivity (Wildman–Crippen MR) is 94.0 cm³/mol. The number of benzene rings is 2. The van der Waals surface area contributed by atoms with E-state index in [9.17, 15) is 13.2 Å². The third kappa shape index (κ3) is 4.40. The summed E-state index contributed by atoms with van der Waals surface area (Å²) in [6, 6.07) is 10.6. The molecule has 0 radical (unpaired) electrons. The van der Waals surface area contributed by atoms with E-state index < -0.39 is 11.7 Å². The van der Waals surface area contributed by atoms with Gasteiger partial charge in [-0.15, -0.1) is 5.10 Å². The van der Waals surface area contributed by atoms with Crippen molar-refractivity contribution in [3.63, 3.8) is 0 Å². The zero-order valence-corrected chi connectivity index (χ0v) is 14.2. The van der Waals surface area contributed by atoms with E-state index in [0.717, 1.165) is 29.4 Å². The maximum absolute atomic E-state index is 12.9. The molecule has 5 nitrogen and oxygen atoms in total. The molecule has 9 heteroatoms.